The number of aromatic amines is 1. The van der Waals surface area contributed by atoms with Gasteiger partial charge in [0.1, 0.15) is 11.4 Å². The average molecular weight is 502 g/mol. The van der Waals surface area contributed by atoms with E-state index in [4.69, 9.17) is 14.6 Å². The molecular weight excluding hydrogens is 474 g/mol. The first-order chi connectivity index (χ1) is 16.5. The van der Waals surface area contributed by atoms with E-state index in [1.165, 1.54) is 12.5 Å². The summed E-state index contributed by atoms with van der Waals surface area (Å²) < 4.78 is 11.1. The standard InChI is InChI=1S/C23H27N5O6S/c1-12-6-7-13(23(2,3)4)10-15(12)34-22-25-14(11-35-22)18(31)26-17-19(32)27-21(28-20(17)33-5)24-9-8-16(29)30/h6-7,10-11H,8-9H2,1-5H3,(H,26,31)(H,29,30)(H2,24,27,28,32). The largest absolute Gasteiger partial charge is 0.481 e. The van der Waals surface area contributed by atoms with Gasteiger partial charge in [0.15, 0.2) is 5.69 Å². The number of carboxylic acid groups (broad SMARTS) is 1. The normalized spacial score (nSPS) is 11.1. The van der Waals surface area contributed by atoms with Crippen molar-refractivity contribution in [2.75, 3.05) is 24.3 Å². The van der Waals surface area contributed by atoms with E-state index in [0.717, 1.165) is 22.5 Å². The summed E-state index contributed by atoms with van der Waals surface area (Å²) >= 11 is 1.15. The second kappa shape index (κ2) is 10.6. The summed E-state index contributed by atoms with van der Waals surface area (Å²) in [5.74, 6) is -1.12. The predicted molar refractivity (Wildman–Crippen MR) is 132 cm³/mol. The molecule has 0 atom stereocenters. The molecule has 2 heterocycles. The second-order valence-corrected chi connectivity index (χ2v) is 9.48. The fourth-order valence-electron chi connectivity index (χ4n) is 2.94. The van der Waals surface area contributed by atoms with Crippen molar-refractivity contribution in [3.05, 3.63) is 50.8 Å². The lowest BCUT2D eigenvalue weighted by molar-refractivity contribution is -0.136. The van der Waals surface area contributed by atoms with Crippen LogP contribution in [0.1, 0.15) is 48.8 Å². The lowest BCUT2D eigenvalue weighted by atomic mass is 9.86. The summed E-state index contributed by atoms with van der Waals surface area (Å²) in [7, 11) is 1.29. The molecule has 0 saturated heterocycles. The van der Waals surface area contributed by atoms with E-state index in [2.05, 4.69) is 52.4 Å². The zero-order valence-corrected chi connectivity index (χ0v) is 20.8. The van der Waals surface area contributed by atoms with Gasteiger partial charge in [0.05, 0.1) is 13.5 Å². The molecule has 35 heavy (non-hydrogen) atoms. The van der Waals surface area contributed by atoms with E-state index in [1.807, 2.05) is 19.1 Å². The molecule has 3 aromatic rings. The number of aliphatic carboxylic acids is 1. The Hall–Kier alpha value is -3.93. The molecule has 0 aliphatic heterocycles. The van der Waals surface area contributed by atoms with E-state index >= 15 is 0 Å². The molecule has 0 unspecified atom stereocenters. The van der Waals surface area contributed by atoms with Crippen LogP contribution in [0.3, 0.4) is 0 Å². The van der Waals surface area contributed by atoms with Crippen molar-refractivity contribution < 1.29 is 24.2 Å². The molecule has 3 rings (SSSR count). The fourth-order valence-corrected chi connectivity index (χ4v) is 3.60. The Morgan fingerprint density at radius 1 is 1.23 bits per heavy atom. The van der Waals surface area contributed by atoms with Gasteiger partial charge in [-0.3, -0.25) is 19.4 Å². The molecule has 0 fully saturated rings. The van der Waals surface area contributed by atoms with Crippen LogP contribution < -0.4 is 25.7 Å². The van der Waals surface area contributed by atoms with Crippen LogP contribution in [-0.2, 0) is 10.2 Å². The maximum atomic E-state index is 12.7. The highest BCUT2D eigenvalue weighted by Crippen LogP contribution is 2.32. The summed E-state index contributed by atoms with van der Waals surface area (Å²) in [5, 5.41) is 15.7. The maximum Gasteiger partial charge on any atom is 0.305 e. The summed E-state index contributed by atoms with van der Waals surface area (Å²) in [4.78, 5) is 46.6. The van der Waals surface area contributed by atoms with Crippen molar-refractivity contribution in [3.8, 4) is 16.8 Å². The zero-order valence-electron chi connectivity index (χ0n) is 20.0. The number of hydrogen-bond donors (Lipinski definition) is 4. The number of carbonyl (C=O) groups excluding carboxylic acids is 1. The van der Waals surface area contributed by atoms with E-state index in [0.29, 0.717) is 5.75 Å². The van der Waals surface area contributed by atoms with Crippen molar-refractivity contribution in [2.24, 2.45) is 0 Å². The first-order valence-corrected chi connectivity index (χ1v) is 11.6. The van der Waals surface area contributed by atoms with Gasteiger partial charge in [-0.15, -0.1) is 0 Å². The van der Waals surface area contributed by atoms with Gasteiger partial charge in [-0.1, -0.05) is 44.2 Å². The lowest BCUT2D eigenvalue weighted by Gasteiger charge is -2.20. The van der Waals surface area contributed by atoms with E-state index in [9.17, 15) is 14.4 Å². The minimum absolute atomic E-state index is 0.0169. The van der Waals surface area contributed by atoms with E-state index < -0.39 is 17.4 Å². The van der Waals surface area contributed by atoms with Crippen molar-refractivity contribution in [2.45, 2.75) is 39.5 Å². The Morgan fingerprint density at radius 3 is 2.63 bits per heavy atom. The number of hydrogen-bond acceptors (Lipinski definition) is 9. The van der Waals surface area contributed by atoms with Gasteiger partial charge >= 0.3 is 5.97 Å². The SMILES string of the molecule is COc1nc(NCCC(=O)O)[nH]c(=O)c1NC(=O)c1csc(Oc2cc(C(C)(C)C)ccc2C)n1. The number of aromatic nitrogens is 3. The molecule has 12 heteroatoms. The number of nitrogens with zero attached hydrogens (tertiary/aromatic N) is 2. The molecule has 1 aromatic carbocycles. The van der Waals surface area contributed by atoms with Crippen LogP contribution in [0, 0.1) is 6.92 Å². The number of nitrogens with one attached hydrogen (secondary N) is 3. The third-order valence-corrected chi connectivity index (χ3v) is 5.63. The number of methoxy groups -OCH3 is 1. The van der Waals surface area contributed by atoms with Crippen molar-refractivity contribution in [1.29, 1.82) is 0 Å². The highest BCUT2D eigenvalue weighted by atomic mass is 32.1. The quantitative estimate of drug-likeness (QED) is 0.343. The number of amides is 1. The summed E-state index contributed by atoms with van der Waals surface area (Å²) in [6.45, 7) is 8.30. The molecule has 186 valence electrons. The fraction of sp³-hybridized carbons (Fsp3) is 0.348. The third kappa shape index (κ3) is 6.57. The Morgan fingerprint density at radius 2 is 1.97 bits per heavy atom. The Bertz CT molecular complexity index is 1290. The van der Waals surface area contributed by atoms with Gasteiger partial charge in [0, 0.05) is 11.9 Å². The molecule has 0 spiro atoms. The van der Waals surface area contributed by atoms with E-state index in [-0.39, 0.29) is 46.8 Å². The predicted octanol–water partition coefficient (Wildman–Crippen LogP) is 3.77. The lowest BCUT2D eigenvalue weighted by Crippen LogP contribution is -2.23. The van der Waals surface area contributed by atoms with Gasteiger partial charge in [-0.2, -0.15) is 9.97 Å². The van der Waals surface area contributed by atoms with Crippen LogP contribution in [0.4, 0.5) is 11.6 Å². The Balaban J connectivity index is 1.75. The minimum Gasteiger partial charge on any atom is -0.481 e. The monoisotopic (exact) mass is 501 g/mol. The van der Waals surface area contributed by atoms with Crippen molar-refractivity contribution in [3.63, 3.8) is 0 Å². The van der Waals surface area contributed by atoms with Crippen molar-refractivity contribution >= 4 is 34.8 Å². The number of thiazole rings is 1. The number of ether oxygens (including phenoxy) is 2. The van der Waals surface area contributed by atoms with Crippen LogP contribution >= 0.6 is 11.3 Å². The van der Waals surface area contributed by atoms with Gasteiger partial charge in [0.25, 0.3) is 16.7 Å². The zero-order chi connectivity index (χ0) is 25.8. The average Bonchev–Trinajstić information content (AvgIpc) is 3.24. The maximum absolute atomic E-state index is 12.7. The summed E-state index contributed by atoms with van der Waals surface area (Å²) in [6.07, 6.45) is -0.168. The molecule has 4 N–H and O–H groups in total. The molecular formula is C23H27N5O6S. The first-order valence-electron chi connectivity index (χ1n) is 10.7. The Kier molecular flexibility index (Phi) is 7.75. The second-order valence-electron chi connectivity index (χ2n) is 8.65. The molecule has 0 radical (unpaired) electrons. The van der Waals surface area contributed by atoms with Crippen LogP contribution in [0.25, 0.3) is 0 Å². The minimum atomic E-state index is -1.00. The molecule has 2 aromatic heterocycles. The number of carbonyl (C=O) groups is 2. The number of aryl methyl sites for hydroxylation is 1. The molecule has 0 aliphatic carbocycles. The van der Waals surface area contributed by atoms with Crippen molar-refractivity contribution in [1.82, 2.24) is 15.0 Å². The molecule has 0 aliphatic rings. The molecule has 11 nitrogen and oxygen atoms in total. The number of H-pyrrole nitrogens is 1. The first kappa shape index (κ1) is 25.7. The van der Waals surface area contributed by atoms with Gasteiger partial charge in [-0.05, 0) is 29.5 Å². The molecule has 0 bridgehead atoms. The van der Waals surface area contributed by atoms with Crippen LogP contribution in [-0.4, -0.2) is 45.6 Å². The Labute approximate surface area is 205 Å². The van der Waals surface area contributed by atoms with Crippen LogP contribution in [0.15, 0.2) is 28.4 Å². The van der Waals surface area contributed by atoms with Crippen LogP contribution in [0.2, 0.25) is 0 Å². The van der Waals surface area contributed by atoms with E-state index in [1.54, 1.807) is 0 Å². The topological polar surface area (TPSA) is 156 Å². The van der Waals surface area contributed by atoms with Gasteiger partial charge in [-0.25, -0.2) is 0 Å². The van der Waals surface area contributed by atoms with Crippen LogP contribution in [0.5, 0.6) is 16.8 Å². The smallest absolute Gasteiger partial charge is 0.305 e. The summed E-state index contributed by atoms with van der Waals surface area (Å²) in [6, 6.07) is 5.98. The highest BCUT2D eigenvalue weighted by molar-refractivity contribution is 7.11. The van der Waals surface area contributed by atoms with Gasteiger partial charge in [0.2, 0.25) is 11.8 Å². The number of carboxylic acids is 1. The number of benzene rings is 1. The molecule has 1 amide bonds. The third-order valence-electron chi connectivity index (χ3n) is 4.92. The highest BCUT2D eigenvalue weighted by Gasteiger charge is 2.20. The molecule has 0 saturated carbocycles. The van der Waals surface area contributed by atoms with Gasteiger partial charge < -0.3 is 25.2 Å². The number of anilines is 2. The summed E-state index contributed by atoms with van der Waals surface area (Å²) in [5.41, 5.74) is 1.15. The number of rotatable bonds is 9.